The average Bonchev–Trinajstić information content (AvgIpc) is 2.75. The van der Waals surface area contributed by atoms with Crippen LogP contribution >= 0.6 is 11.6 Å². The first kappa shape index (κ1) is 24.8. The number of benzene rings is 2. The normalized spacial score (nSPS) is 15.5. The SMILES string of the molecule is COc1cc(C2NC(=O)NC(C)=C2C(=O)OC(C)C)cc([N+](=O)[O-])c1OCc1cccc(Cl)c1. The minimum absolute atomic E-state index is 0.00612. The zero-order valence-electron chi connectivity index (χ0n) is 19.0. The Labute approximate surface area is 201 Å². The molecule has 1 unspecified atom stereocenters. The smallest absolute Gasteiger partial charge is 0.338 e. The summed E-state index contributed by atoms with van der Waals surface area (Å²) in [6.45, 7) is 4.94. The van der Waals surface area contributed by atoms with Crippen LogP contribution in [0.5, 0.6) is 11.5 Å². The molecule has 0 saturated carbocycles. The molecule has 1 aliphatic heterocycles. The Hall–Kier alpha value is -3.79. The number of rotatable bonds is 8. The Morgan fingerprint density at radius 1 is 1.26 bits per heavy atom. The van der Waals surface area contributed by atoms with Crippen molar-refractivity contribution in [3.05, 3.63) is 73.9 Å². The van der Waals surface area contributed by atoms with Crippen molar-refractivity contribution in [3.8, 4) is 11.5 Å². The third-order valence-corrected chi connectivity index (χ3v) is 5.15. The lowest BCUT2D eigenvalue weighted by Crippen LogP contribution is -2.45. The van der Waals surface area contributed by atoms with Crippen molar-refractivity contribution < 1.29 is 28.7 Å². The summed E-state index contributed by atoms with van der Waals surface area (Å²) >= 11 is 6.00. The van der Waals surface area contributed by atoms with E-state index in [2.05, 4.69) is 10.6 Å². The quantitative estimate of drug-likeness (QED) is 0.319. The second kappa shape index (κ2) is 10.4. The van der Waals surface area contributed by atoms with E-state index >= 15 is 0 Å². The third kappa shape index (κ3) is 5.57. The van der Waals surface area contributed by atoms with Gasteiger partial charge in [-0.15, -0.1) is 0 Å². The Morgan fingerprint density at radius 2 is 2.00 bits per heavy atom. The second-order valence-electron chi connectivity index (χ2n) is 7.77. The van der Waals surface area contributed by atoms with Crippen molar-refractivity contribution in [3.63, 3.8) is 0 Å². The highest BCUT2D eigenvalue weighted by atomic mass is 35.5. The van der Waals surface area contributed by atoms with E-state index in [-0.39, 0.29) is 34.9 Å². The standard InChI is InChI=1S/C23H24ClN3O7/c1-12(2)34-22(28)19-13(3)25-23(29)26-20(19)15-9-17(27(30)31)21(18(10-15)32-4)33-11-14-6-5-7-16(24)8-14/h5-10,12,20H,11H2,1-4H3,(H2,25,26,29). The van der Waals surface area contributed by atoms with E-state index in [1.165, 1.54) is 19.2 Å². The second-order valence-corrected chi connectivity index (χ2v) is 8.21. The van der Waals surface area contributed by atoms with Crippen LogP contribution in [0, 0.1) is 10.1 Å². The van der Waals surface area contributed by atoms with Crippen molar-refractivity contribution in [2.45, 2.75) is 39.5 Å². The highest BCUT2D eigenvalue weighted by Gasteiger charge is 2.35. The fourth-order valence-electron chi connectivity index (χ4n) is 3.48. The number of nitrogens with one attached hydrogen (secondary N) is 2. The molecule has 1 atom stereocenters. The molecule has 11 heteroatoms. The van der Waals surface area contributed by atoms with Gasteiger partial charge in [-0.25, -0.2) is 9.59 Å². The highest BCUT2D eigenvalue weighted by molar-refractivity contribution is 6.30. The number of nitrogens with zero attached hydrogens (tertiary/aromatic N) is 1. The van der Waals surface area contributed by atoms with Gasteiger partial charge in [0.15, 0.2) is 5.75 Å². The van der Waals surface area contributed by atoms with E-state index in [1.807, 2.05) is 0 Å². The monoisotopic (exact) mass is 489 g/mol. The Bertz CT molecular complexity index is 1160. The summed E-state index contributed by atoms with van der Waals surface area (Å²) in [6.07, 6.45) is -0.405. The van der Waals surface area contributed by atoms with Crippen LogP contribution in [0.15, 0.2) is 47.7 Å². The number of methoxy groups -OCH3 is 1. The summed E-state index contributed by atoms with van der Waals surface area (Å²) in [5.74, 6) is -0.690. The fourth-order valence-corrected chi connectivity index (χ4v) is 3.69. The maximum atomic E-state index is 12.8. The molecule has 2 aromatic carbocycles. The number of carbonyl (C=O) groups is 2. The molecule has 0 aliphatic carbocycles. The molecule has 0 fully saturated rings. The predicted octanol–water partition coefficient (Wildman–Crippen LogP) is 4.42. The van der Waals surface area contributed by atoms with Crippen molar-refractivity contribution in [1.29, 1.82) is 0 Å². The van der Waals surface area contributed by atoms with Crippen molar-refractivity contribution in [2.75, 3.05) is 7.11 Å². The Balaban J connectivity index is 2.05. The molecule has 1 heterocycles. The van der Waals surface area contributed by atoms with E-state index in [0.29, 0.717) is 10.6 Å². The van der Waals surface area contributed by atoms with Crippen molar-refractivity contribution in [2.24, 2.45) is 0 Å². The van der Waals surface area contributed by atoms with Gasteiger partial charge in [0.25, 0.3) is 0 Å². The highest BCUT2D eigenvalue weighted by Crippen LogP contribution is 2.42. The van der Waals surface area contributed by atoms with Gasteiger partial charge in [0.1, 0.15) is 6.61 Å². The number of halogens is 1. The number of nitro benzene ring substituents is 1. The van der Waals surface area contributed by atoms with Crippen LogP contribution < -0.4 is 20.1 Å². The van der Waals surface area contributed by atoms with E-state index in [9.17, 15) is 19.7 Å². The summed E-state index contributed by atoms with van der Waals surface area (Å²) in [5, 5.41) is 17.6. The summed E-state index contributed by atoms with van der Waals surface area (Å²) in [5.41, 5.74) is 0.970. The number of esters is 1. The Morgan fingerprint density at radius 3 is 2.62 bits per heavy atom. The zero-order valence-corrected chi connectivity index (χ0v) is 19.8. The molecule has 0 radical (unpaired) electrons. The molecule has 2 N–H and O–H groups in total. The van der Waals surface area contributed by atoms with Gasteiger partial charge in [-0.05, 0) is 50.1 Å². The van der Waals surface area contributed by atoms with E-state index < -0.39 is 34.8 Å². The molecule has 180 valence electrons. The molecule has 34 heavy (non-hydrogen) atoms. The van der Waals surface area contributed by atoms with Crippen LogP contribution in [0.1, 0.15) is 37.9 Å². The van der Waals surface area contributed by atoms with Crippen LogP contribution in [0.25, 0.3) is 0 Å². The van der Waals surface area contributed by atoms with Gasteiger partial charge in [0, 0.05) is 16.8 Å². The van der Waals surface area contributed by atoms with Crippen LogP contribution in [0.2, 0.25) is 5.02 Å². The number of allylic oxidation sites excluding steroid dienone is 1. The fraction of sp³-hybridized carbons (Fsp3) is 0.304. The number of hydrogen-bond donors (Lipinski definition) is 2. The number of carbonyl (C=O) groups excluding carboxylic acids is 2. The number of ether oxygens (including phenoxy) is 3. The van der Waals surface area contributed by atoms with Gasteiger partial charge in [0.2, 0.25) is 5.75 Å². The zero-order chi connectivity index (χ0) is 25.0. The summed E-state index contributed by atoms with van der Waals surface area (Å²) < 4.78 is 16.4. The molecule has 1 aliphatic rings. The first-order chi connectivity index (χ1) is 16.1. The number of nitro groups is 1. The summed E-state index contributed by atoms with van der Waals surface area (Å²) in [6, 6.07) is 8.04. The van der Waals surface area contributed by atoms with Gasteiger partial charge in [-0.2, -0.15) is 0 Å². The molecule has 0 aromatic heterocycles. The molecule has 3 rings (SSSR count). The molecule has 2 amide bonds. The lowest BCUT2D eigenvalue weighted by molar-refractivity contribution is -0.386. The first-order valence-electron chi connectivity index (χ1n) is 10.3. The minimum Gasteiger partial charge on any atom is -0.493 e. The maximum absolute atomic E-state index is 12.8. The van der Waals surface area contributed by atoms with Crippen molar-refractivity contribution in [1.82, 2.24) is 10.6 Å². The summed E-state index contributed by atoms with van der Waals surface area (Å²) in [7, 11) is 1.34. The Kier molecular flexibility index (Phi) is 7.62. The van der Waals surface area contributed by atoms with E-state index in [1.54, 1.807) is 45.0 Å². The van der Waals surface area contributed by atoms with Gasteiger partial charge in [-0.3, -0.25) is 10.1 Å². The average molecular weight is 490 g/mol. The van der Waals surface area contributed by atoms with Crippen LogP contribution in [-0.2, 0) is 16.1 Å². The first-order valence-corrected chi connectivity index (χ1v) is 10.7. The maximum Gasteiger partial charge on any atom is 0.338 e. The lowest BCUT2D eigenvalue weighted by Gasteiger charge is -2.29. The third-order valence-electron chi connectivity index (χ3n) is 4.91. The number of hydrogen-bond acceptors (Lipinski definition) is 7. The molecule has 0 saturated heterocycles. The van der Waals surface area contributed by atoms with Gasteiger partial charge >= 0.3 is 17.7 Å². The largest absolute Gasteiger partial charge is 0.493 e. The van der Waals surface area contributed by atoms with Crippen molar-refractivity contribution >= 4 is 29.3 Å². The van der Waals surface area contributed by atoms with E-state index in [4.69, 9.17) is 25.8 Å². The van der Waals surface area contributed by atoms with Gasteiger partial charge < -0.3 is 24.8 Å². The number of urea groups is 1. The minimum atomic E-state index is -1.01. The predicted molar refractivity (Wildman–Crippen MR) is 124 cm³/mol. The topological polar surface area (TPSA) is 129 Å². The number of amides is 2. The molecule has 10 nitrogen and oxygen atoms in total. The molecule has 2 aromatic rings. The van der Waals surface area contributed by atoms with E-state index in [0.717, 1.165) is 0 Å². The van der Waals surface area contributed by atoms with Gasteiger partial charge in [0.05, 0.1) is 29.8 Å². The summed E-state index contributed by atoms with van der Waals surface area (Å²) in [4.78, 5) is 36.2. The van der Waals surface area contributed by atoms with Gasteiger partial charge in [-0.1, -0.05) is 23.7 Å². The molecule has 0 bridgehead atoms. The molecular weight excluding hydrogens is 466 g/mol. The van der Waals surface area contributed by atoms with Crippen LogP contribution in [0.3, 0.4) is 0 Å². The molecular formula is C23H24ClN3O7. The molecule has 0 spiro atoms. The lowest BCUT2D eigenvalue weighted by atomic mass is 9.94. The van der Waals surface area contributed by atoms with Crippen LogP contribution in [-0.4, -0.2) is 30.1 Å². The van der Waals surface area contributed by atoms with Crippen LogP contribution in [0.4, 0.5) is 10.5 Å².